The largest absolute Gasteiger partial charge is 0.333 e. The monoisotopic (exact) mass is 257 g/mol. The molecule has 1 atom stereocenters. The molecule has 102 valence electrons. The molecule has 1 N–H and O–H groups in total. The molecule has 0 amide bonds. The molecule has 0 aliphatic carbocycles. The lowest BCUT2D eigenvalue weighted by Crippen LogP contribution is -2.25. The lowest BCUT2D eigenvalue weighted by molar-refractivity contribution is 0.464. The number of benzene rings is 1. The molecule has 3 heteroatoms. The molecule has 1 unspecified atom stereocenters. The number of likely N-dealkylation sites (N-methyl/N-ethyl adjacent to an activating group) is 1. The third-order valence-corrected chi connectivity index (χ3v) is 3.31. The van der Waals surface area contributed by atoms with Gasteiger partial charge in [-0.2, -0.15) is 0 Å². The molecule has 0 saturated carbocycles. The quantitative estimate of drug-likeness (QED) is 0.825. The van der Waals surface area contributed by atoms with Gasteiger partial charge in [0.25, 0.3) is 0 Å². The predicted octanol–water partition coefficient (Wildman–Crippen LogP) is 3.19. The van der Waals surface area contributed by atoms with E-state index in [2.05, 4.69) is 65.2 Å². The van der Waals surface area contributed by atoms with Gasteiger partial charge < -0.3 is 9.88 Å². The zero-order valence-electron chi connectivity index (χ0n) is 11.8. The van der Waals surface area contributed by atoms with Crippen LogP contribution in [0.2, 0.25) is 0 Å². The minimum atomic E-state index is 0.344. The number of nitrogens with one attached hydrogen (secondary N) is 1. The molecule has 0 aliphatic heterocycles. The van der Waals surface area contributed by atoms with Crippen LogP contribution in [0.25, 0.3) is 0 Å². The van der Waals surface area contributed by atoms with E-state index < -0.39 is 0 Å². The molecule has 0 aliphatic rings. The summed E-state index contributed by atoms with van der Waals surface area (Å²) < 4.78 is 2.27. The zero-order chi connectivity index (χ0) is 13.5. The summed E-state index contributed by atoms with van der Waals surface area (Å²) in [5.74, 6) is 1.18. The zero-order valence-corrected chi connectivity index (χ0v) is 11.8. The normalized spacial score (nSPS) is 12.5. The highest BCUT2D eigenvalue weighted by Gasteiger charge is 2.12. The second kappa shape index (κ2) is 7.10. The van der Waals surface area contributed by atoms with Gasteiger partial charge in [0.05, 0.1) is 6.04 Å². The van der Waals surface area contributed by atoms with Gasteiger partial charge in [-0.1, -0.05) is 44.2 Å². The van der Waals surface area contributed by atoms with E-state index in [1.807, 2.05) is 6.20 Å². The van der Waals surface area contributed by atoms with Crippen LogP contribution in [0.15, 0.2) is 42.7 Å². The minimum Gasteiger partial charge on any atom is -0.333 e. The van der Waals surface area contributed by atoms with Crippen molar-refractivity contribution in [3.63, 3.8) is 0 Å². The van der Waals surface area contributed by atoms with Gasteiger partial charge in [-0.3, -0.25) is 0 Å². The Labute approximate surface area is 115 Å². The van der Waals surface area contributed by atoms with Gasteiger partial charge in [-0.05, 0) is 18.5 Å². The fourth-order valence-corrected chi connectivity index (χ4v) is 2.37. The van der Waals surface area contributed by atoms with Crippen LogP contribution in [0.5, 0.6) is 0 Å². The van der Waals surface area contributed by atoms with Crippen molar-refractivity contribution in [3.8, 4) is 0 Å². The molecule has 19 heavy (non-hydrogen) atoms. The van der Waals surface area contributed by atoms with Crippen molar-refractivity contribution in [1.29, 1.82) is 0 Å². The van der Waals surface area contributed by atoms with Gasteiger partial charge in [-0.25, -0.2) is 4.98 Å². The number of imidazole rings is 1. The molecule has 1 aromatic carbocycles. The van der Waals surface area contributed by atoms with E-state index in [0.29, 0.717) is 6.04 Å². The van der Waals surface area contributed by atoms with Gasteiger partial charge >= 0.3 is 0 Å². The summed E-state index contributed by atoms with van der Waals surface area (Å²) in [7, 11) is 0. The summed E-state index contributed by atoms with van der Waals surface area (Å²) in [5, 5.41) is 3.56. The van der Waals surface area contributed by atoms with Gasteiger partial charge in [0.1, 0.15) is 5.82 Å². The Balaban J connectivity index is 2.14. The maximum Gasteiger partial charge on any atom is 0.108 e. The molecule has 0 saturated heterocycles. The highest BCUT2D eigenvalue weighted by atomic mass is 15.1. The van der Waals surface area contributed by atoms with E-state index >= 15 is 0 Å². The Bertz CT molecular complexity index is 476. The lowest BCUT2D eigenvalue weighted by atomic mass is 10.1. The fraction of sp³-hybridized carbons (Fsp3) is 0.438. The van der Waals surface area contributed by atoms with E-state index in [9.17, 15) is 0 Å². The predicted molar refractivity (Wildman–Crippen MR) is 79.1 cm³/mol. The smallest absolute Gasteiger partial charge is 0.108 e. The number of nitrogens with zero attached hydrogens (tertiary/aromatic N) is 2. The minimum absolute atomic E-state index is 0.344. The molecular weight excluding hydrogens is 234 g/mol. The average molecular weight is 257 g/mol. The molecule has 0 bridgehead atoms. The second-order valence-electron chi connectivity index (χ2n) is 4.77. The topological polar surface area (TPSA) is 29.9 Å². The molecule has 2 aromatic rings. The molecule has 0 radical (unpaired) electrons. The van der Waals surface area contributed by atoms with E-state index in [-0.39, 0.29) is 0 Å². The highest BCUT2D eigenvalue weighted by molar-refractivity contribution is 5.19. The van der Waals surface area contributed by atoms with Gasteiger partial charge in [0, 0.05) is 25.4 Å². The number of aromatic nitrogens is 2. The van der Waals surface area contributed by atoms with E-state index in [1.54, 1.807) is 0 Å². The van der Waals surface area contributed by atoms with Crippen LogP contribution in [-0.2, 0) is 13.0 Å². The lowest BCUT2D eigenvalue weighted by Gasteiger charge is -2.20. The van der Waals surface area contributed by atoms with E-state index in [0.717, 1.165) is 25.9 Å². The van der Waals surface area contributed by atoms with Crippen molar-refractivity contribution in [3.05, 3.63) is 54.1 Å². The van der Waals surface area contributed by atoms with Crippen LogP contribution >= 0.6 is 0 Å². The fourth-order valence-electron chi connectivity index (χ4n) is 2.37. The first-order chi connectivity index (χ1) is 9.35. The first-order valence-electron chi connectivity index (χ1n) is 7.13. The first-order valence-corrected chi connectivity index (χ1v) is 7.13. The van der Waals surface area contributed by atoms with Gasteiger partial charge in [0.15, 0.2) is 0 Å². The maximum atomic E-state index is 4.45. The van der Waals surface area contributed by atoms with Crippen molar-refractivity contribution >= 4 is 0 Å². The van der Waals surface area contributed by atoms with Crippen molar-refractivity contribution < 1.29 is 0 Å². The Hall–Kier alpha value is -1.61. The summed E-state index contributed by atoms with van der Waals surface area (Å²) in [6.07, 6.45) is 6.16. The van der Waals surface area contributed by atoms with E-state index in [1.165, 1.54) is 11.4 Å². The molecule has 1 heterocycles. The molecule has 0 spiro atoms. The average Bonchev–Trinajstić information content (AvgIpc) is 2.87. The SMILES string of the molecule is CCCc1nccn1CC(NCC)c1ccccc1. The van der Waals surface area contributed by atoms with Crippen LogP contribution in [0.1, 0.15) is 37.7 Å². The van der Waals surface area contributed by atoms with Crippen LogP contribution in [-0.4, -0.2) is 16.1 Å². The Kier molecular flexibility index (Phi) is 5.16. The standard InChI is InChI=1S/C16H23N3/c1-3-8-16-18-11-12-19(16)13-15(17-4-2)14-9-6-5-7-10-14/h5-7,9-12,15,17H,3-4,8,13H2,1-2H3. The van der Waals surface area contributed by atoms with Crippen molar-refractivity contribution in [1.82, 2.24) is 14.9 Å². The number of hydrogen-bond donors (Lipinski definition) is 1. The first kappa shape index (κ1) is 13.8. The Morgan fingerprint density at radius 2 is 2.00 bits per heavy atom. The van der Waals surface area contributed by atoms with Crippen molar-refractivity contribution in [2.24, 2.45) is 0 Å². The summed E-state index contributed by atoms with van der Waals surface area (Å²) in [6, 6.07) is 11.0. The van der Waals surface area contributed by atoms with Crippen LogP contribution in [0.3, 0.4) is 0 Å². The summed E-state index contributed by atoms with van der Waals surface area (Å²) >= 11 is 0. The molecule has 1 aromatic heterocycles. The third-order valence-electron chi connectivity index (χ3n) is 3.31. The summed E-state index contributed by atoms with van der Waals surface area (Å²) in [4.78, 5) is 4.45. The third kappa shape index (κ3) is 3.67. The molecule has 0 fully saturated rings. The van der Waals surface area contributed by atoms with Gasteiger partial charge in [-0.15, -0.1) is 0 Å². The number of aryl methyl sites for hydroxylation is 1. The maximum absolute atomic E-state index is 4.45. The van der Waals surface area contributed by atoms with Crippen LogP contribution in [0, 0.1) is 0 Å². The number of rotatable bonds is 7. The Morgan fingerprint density at radius 3 is 2.68 bits per heavy atom. The van der Waals surface area contributed by atoms with Crippen LogP contribution < -0.4 is 5.32 Å². The molecule has 3 nitrogen and oxygen atoms in total. The molecular formula is C16H23N3. The van der Waals surface area contributed by atoms with Crippen molar-refractivity contribution in [2.75, 3.05) is 6.54 Å². The van der Waals surface area contributed by atoms with E-state index in [4.69, 9.17) is 0 Å². The number of hydrogen-bond acceptors (Lipinski definition) is 2. The molecule has 2 rings (SSSR count). The van der Waals surface area contributed by atoms with Crippen LogP contribution in [0.4, 0.5) is 0 Å². The summed E-state index contributed by atoms with van der Waals surface area (Å²) in [6.45, 7) is 6.25. The van der Waals surface area contributed by atoms with Gasteiger partial charge in [0.2, 0.25) is 0 Å². The highest BCUT2D eigenvalue weighted by Crippen LogP contribution is 2.16. The van der Waals surface area contributed by atoms with Crippen molar-refractivity contribution in [2.45, 2.75) is 39.3 Å². The second-order valence-corrected chi connectivity index (χ2v) is 4.77. The summed E-state index contributed by atoms with van der Waals surface area (Å²) in [5.41, 5.74) is 1.33. The Morgan fingerprint density at radius 1 is 1.21 bits per heavy atom.